The summed E-state index contributed by atoms with van der Waals surface area (Å²) in [7, 11) is 1.33. The largest absolute Gasteiger partial charge is 0.488 e. The van der Waals surface area contributed by atoms with Crippen LogP contribution in [-0.2, 0) is 16.1 Å². The van der Waals surface area contributed by atoms with E-state index in [1.807, 2.05) is 12.1 Å². The Morgan fingerprint density at radius 3 is 2.59 bits per heavy atom. The van der Waals surface area contributed by atoms with E-state index in [1.165, 1.54) is 13.3 Å². The molecule has 138 valence electrons. The van der Waals surface area contributed by atoms with Crippen molar-refractivity contribution in [3.05, 3.63) is 65.2 Å². The van der Waals surface area contributed by atoms with Crippen molar-refractivity contribution in [2.75, 3.05) is 13.7 Å². The van der Waals surface area contributed by atoms with Gasteiger partial charge >= 0.3 is 12.0 Å². The maximum atomic E-state index is 11.5. The lowest BCUT2D eigenvalue weighted by Gasteiger charge is -2.10. The molecule has 8 heteroatoms. The van der Waals surface area contributed by atoms with Gasteiger partial charge in [0, 0.05) is 5.56 Å². The molecule has 0 spiro atoms. The van der Waals surface area contributed by atoms with Crippen molar-refractivity contribution in [3.63, 3.8) is 0 Å². The highest BCUT2D eigenvalue weighted by molar-refractivity contribution is 6.02. The van der Waals surface area contributed by atoms with E-state index in [-0.39, 0.29) is 13.2 Å². The Morgan fingerprint density at radius 1 is 1.19 bits per heavy atom. The highest BCUT2D eigenvalue weighted by Gasteiger charge is 2.25. The second-order valence-electron chi connectivity index (χ2n) is 5.67. The van der Waals surface area contributed by atoms with Crippen LogP contribution < -0.4 is 10.1 Å². The van der Waals surface area contributed by atoms with Crippen LogP contribution in [0.1, 0.15) is 21.5 Å². The second-order valence-corrected chi connectivity index (χ2v) is 5.67. The molecule has 3 amide bonds. The predicted molar refractivity (Wildman–Crippen MR) is 96.4 cm³/mol. The van der Waals surface area contributed by atoms with Gasteiger partial charge in [0.1, 0.15) is 18.9 Å². The third-order valence-electron chi connectivity index (χ3n) is 3.80. The van der Waals surface area contributed by atoms with Gasteiger partial charge in [-0.25, -0.2) is 14.6 Å². The van der Waals surface area contributed by atoms with Gasteiger partial charge in [0.15, 0.2) is 0 Å². The minimum atomic E-state index is -0.555. The molecular weight excluding hydrogens is 350 g/mol. The maximum Gasteiger partial charge on any atom is 0.344 e. The van der Waals surface area contributed by atoms with Crippen LogP contribution in [0.3, 0.4) is 0 Å². The molecule has 1 aliphatic heterocycles. The van der Waals surface area contributed by atoms with Gasteiger partial charge in [-0.05, 0) is 29.8 Å². The van der Waals surface area contributed by atoms with E-state index in [2.05, 4.69) is 15.2 Å². The Hall–Kier alpha value is -3.68. The number of hydrogen-bond acceptors (Lipinski definition) is 6. The number of ether oxygens (including phenoxy) is 2. The van der Waals surface area contributed by atoms with Crippen molar-refractivity contribution in [2.24, 2.45) is 5.10 Å². The van der Waals surface area contributed by atoms with Gasteiger partial charge in [0.25, 0.3) is 0 Å². The van der Waals surface area contributed by atoms with E-state index in [4.69, 9.17) is 4.74 Å². The number of rotatable bonds is 6. The number of imide groups is 1. The Morgan fingerprint density at radius 2 is 1.93 bits per heavy atom. The molecule has 3 rings (SSSR count). The van der Waals surface area contributed by atoms with Crippen LogP contribution in [0, 0.1) is 0 Å². The van der Waals surface area contributed by atoms with E-state index in [0.717, 1.165) is 10.6 Å². The van der Waals surface area contributed by atoms with Gasteiger partial charge in [0.2, 0.25) is 5.91 Å². The van der Waals surface area contributed by atoms with Crippen LogP contribution >= 0.6 is 0 Å². The summed E-state index contributed by atoms with van der Waals surface area (Å²) in [6, 6.07) is 13.5. The zero-order valence-corrected chi connectivity index (χ0v) is 14.5. The molecular formula is C19H17N3O5. The van der Waals surface area contributed by atoms with E-state index in [0.29, 0.717) is 16.9 Å². The number of carbonyl (C=O) groups excluding carboxylic acids is 3. The zero-order chi connectivity index (χ0) is 19.2. The summed E-state index contributed by atoms with van der Waals surface area (Å²) in [5.41, 5.74) is 2.00. The third kappa shape index (κ3) is 4.49. The smallest absolute Gasteiger partial charge is 0.344 e. The number of nitrogens with zero attached hydrogens (tertiary/aromatic N) is 2. The number of methoxy groups -OCH3 is 1. The minimum Gasteiger partial charge on any atom is -0.488 e. The number of nitrogens with one attached hydrogen (secondary N) is 1. The molecule has 1 fully saturated rings. The SMILES string of the molecule is COC(=O)c1ccc(COc2ccccc2/C=N\N2CC(=O)NC2=O)cc1. The Balaban J connectivity index is 1.66. The molecule has 0 aromatic heterocycles. The summed E-state index contributed by atoms with van der Waals surface area (Å²) < 4.78 is 10.5. The maximum absolute atomic E-state index is 11.5. The molecule has 2 aromatic rings. The number of esters is 1. The first-order valence-corrected chi connectivity index (χ1v) is 8.11. The summed E-state index contributed by atoms with van der Waals surface area (Å²) in [6.07, 6.45) is 1.47. The van der Waals surface area contributed by atoms with E-state index < -0.39 is 17.9 Å². The van der Waals surface area contributed by atoms with Crippen LogP contribution in [0.25, 0.3) is 0 Å². The summed E-state index contributed by atoms with van der Waals surface area (Å²) in [4.78, 5) is 34.2. The average molecular weight is 367 g/mol. The van der Waals surface area contributed by atoms with Crippen molar-refractivity contribution in [3.8, 4) is 5.75 Å². The first-order chi connectivity index (χ1) is 13.1. The number of benzene rings is 2. The van der Waals surface area contributed by atoms with E-state index in [9.17, 15) is 14.4 Å². The van der Waals surface area contributed by atoms with Crippen LogP contribution in [0.2, 0.25) is 0 Å². The molecule has 1 saturated heterocycles. The quantitative estimate of drug-likeness (QED) is 0.478. The lowest BCUT2D eigenvalue weighted by Crippen LogP contribution is -2.24. The summed E-state index contributed by atoms with van der Waals surface area (Å²) in [5.74, 6) is -0.213. The summed E-state index contributed by atoms with van der Waals surface area (Å²) >= 11 is 0. The van der Waals surface area contributed by atoms with Crippen molar-refractivity contribution in [1.29, 1.82) is 0 Å². The molecule has 1 heterocycles. The van der Waals surface area contributed by atoms with Crippen molar-refractivity contribution >= 4 is 24.1 Å². The van der Waals surface area contributed by atoms with E-state index in [1.54, 1.807) is 36.4 Å². The van der Waals surface area contributed by atoms with Crippen molar-refractivity contribution in [2.45, 2.75) is 6.61 Å². The molecule has 27 heavy (non-hydrogen) atoms. The molecule has 8 nitrogen and oxygen atoms in total. The van der Waals surface area contributed by atoms with Crippen LogP contribution in [-0.4, -0.2) is 42.8 Å². The molecule has 2 aromatic carbocycles. The number of para-hydroxylation sites is 1. The fourth-order valence-corrected chi connectivity index (χ4v) is 2.39. The van der Waals surface area contributed by atoms with Gasteiger partial charge in [0.05, 0.1) is 18.9 Å². The highest BCUT2D eigenvalue weighted by atomic mass is 16.5. The van der Waals surface area contributed by atoms with Gasteiger partial charge in [-0.15, -0.1) is 0 Å². The highest BCUT2D eigenvalue weighted by Crippen LogP contribution is 2.18. The topological polar surface area (TPSA) is 97.3 Å². The van der Waals surface area contributed by atoms with Crippen LogP contribution in [0.15, 0.2) is 53.6 Å². The fraction of sp³-hybridized carbons (Fsp3) is 0.158. The molecule has 0 atom stereocenters. The Labute approximate surface area is 155 Å². The summed E-state index contributed by atoms with van der Waals surface area (Å²) in [6.45, 7) is 0.180. The van der Waals surface area contributed by atoms with Crippen LogP contribution in [0.4, 0.5) is 4.79 Å². The number of urea groups is 1. The first kappa shape index (κ1) is 18.1. The summed E-state index contributed by atoms with van der Waals surface area (Å²) in [5, 5.41) is 7.22. The molecule has 0 saturated carbocycles. The lowest BCUT2D eigenvalue weighted by molar-refractivity contribution is -0.118. The zero-order valence-electron chi connectivity index (χ0n) is 14.5. The predicted octanol–water partition coefficient (Wildman–Crippen LogP) is 1.94. The van der Waals surface area contributed by atoms with Gasteiger partial charge in [-0.2, -0.15) is 5.10 Å². The minimum absolute atomic E-state index is 0.106. The molecule has 0 bridgehead atoms. The number of hydrogen-bond donors (Lipinski definition) is 1. The Kier molecular flexibility index (Phi) is 5.46. The standard InChI is InChI=1S/C19H17N3O5/c1-26-18(24)14-8-6-13(7-9-14)12-27-16-5-3-2-4-15(16)10-20-22-11-17(23)21-19(22)25/h2-10H,11-12H2,1H3,(H,21,23,25)/b20-10-. The normalized spacial score (nSPS) is 13.7. The molecule has 0 unspecified atom stereocenters. The molecule has 0 aliphatic carbocycles. The van der Waals surface area contributed by atoms with E-state index >= 15 is 0 Å². The third-order valence-corrected chi connectivity index (χ3v) is 3.80. The number of hydrazone groups is 1. The van der Waals surface area contributed by atoms with Crippen LogP contribution in [0.5, 0.6) is 5.75 Å². The second kappa shape index (κ2) is 8.13. The van der Waals surface area contributed by atoms with Gasteiger partial charge < -0.3 is 9.47 Å². The lowest BCUT2D eigenvalue weighted by atomic mass is 10.1. The van der Waals surface area contributed by atoms with Crippen molar-refractivity contribution in [1.82, 2.24) is 10.3 Å². The molecule has 1 aliphatic rings. The van der Waals surface area contributed by atoms with Crippen molar-refractivity contribution < 1.29 is 23.9 Å². The molecule has 0 radical (unpaired) electrons. The Bertz CT molecular complexity index is 892. The first-order valence-electron chi connectivity index (χ1n) is 8.11. The number of carbonyl (C=O) groups is 3. The number of amides is 3. The molecule has 1 N–H and O–H groups in total. The monoisotopic (exact) mass is 367 g/mol. The van der Waals surface area contributed by atoms with Gasteiger partial charge in [-0.3, -0.25) is 10.1 Å². The average Bonchev–Trinajstić information content (AvgIpc) is 3.02. The fourth-order valence-electron chi connectivity index (χ4n) is 2.39. The van der Waals surface area contributed by atoms with Gasteiger partial charge in [-0.1, -0.05) is 24.3 Å².